The predicted octanol–water partition coefficient (Wildman–Crippen LogP) is 5.40. The summed E-state index contributed by atoms with van der Waals surface area (Å²) < 4.78 is 12.7. The summed E-state index contributed by atoms with van der Waals surface area (Å²) in [5, 5.41) is 0.937. The fraction of sp³-hybridized carbons (Fsp3) is 0.360. The average molecular weight is 418 g/mol. The van der Waals surface area contributed by atoms with Gasteiger partial charge < -0.3 is 9.47 Å². The number of carbonyl (C=O) groups excluding carboxylic acids is 2. The topological polar surface area (TPSA) is 60.8 Å². The van der Waals surface area contributed by atoms with Gasteiger partial charge in [-0.2, -0.15) is 0 Å². The number of carbonyl (C=O) groups is 2. The van der Waals surface area contributed by atoms with Crippen LogP contribution in [0.1, 0.15) is 51.0 Å². The predicted molar refractivity (Wildman–Crippen MR) is 119 cm³/mol. The first-order valence-electron chi connectivity index (χ1n) is 10.6. The molecule has 2 aliphatic rings. The van der Waals surface area contributed by atoms with Gasteiger partial charge in [0.05, 0.1) is 11.2 Å². The van der Waals surface area contributed by atoms with Crippen LogP contribution in [0.2, 0.25) is 0 Å². The molecule has 0 radical (unpaired) electrons. The number of ether oxygens (including phenoxy) is 2. The van der Waals surface area contributed by atoms with Crippen molar-refractivity contribution in [1.82, 2.24) is 4.57 Å². The van der Waals surface area contributed by atoms with E-state index in [0.717, 1.165) is 40.8 Å². The smallest absolute Gasteiger partial charge is 0.234 e. The minimum absolute atomic E-state index is 0.0191. The van der Waals surface area contributed by atoms with E-state index in [1.807, 2.05) is 36.4 Å². The highest BCUT2D eigenvalue weighted by Gasteiger charge is 2.35. The quantitative estimate of drug-likeness (QED) is 0.571. The van der Waals surface area contributed by atoms with Crippen molar-refractivity contribution in [1.29, 1.82) is 0 Å². The first kappa shape index (κ1) is 19.7. The number of anilines is 2. The summed E-state index contributed by atoms with van der Waals surface area (Å²) in [7, 11) is 0. The molecule has 3 aromatic rings. The number of amides is 1. The van der Waals surface area contributed by atoms with Crippen LogP contribution < -0.4 is 14.4 Å². The number of rotatable bonds is 3. The van der Waals surface area contributed by atoms with Gasteiger partial charge in [0.2, 0.25) is 18.6 Å². The molecule has 2 heterocycles. The third kappa shape index (κ3) is 3.36. The number of benzene rings is 2. The Hall–Kier alpha value is -3.28. The van der Waals surface area contributed by atoms with Gasteiger partial charge in [0.1, 0.15) is 0 Å². The van der Waals surface area contributed by atoms with Crippen LogP contribution >= 0.6 is 0 Å². The molecule has 0 atom stereocenters. The zero-order valence-electron chi connectivity index (χ0n) is 18.3. The SMILES string of the molecule is CC(=O)n1c(C(C)(C)C)cc2cc(N(C(=O)C3CC3)c3ccc4c(c3)OCO4)ccc21. The Balaban J connectivity index is 1.65. The van der Waals surface area contributed by atoms with E-state index in [1.165, 1.54) is 0 Å². The standard InChI is InChI=1S/C25H26N2O4/c1-15(28)26-20-9-7-18(11-17(20)12-23(26)25(2,3)4)27(24(29)16-5-6-16)19-8-10-21-22(13-19)31-14-30-21/h7-13,16H,5-6,14H2,1-4H3. The van der Waals surface area contributed by atoms with E-state index >= 15 is 0 Å². The molecule has 0 saturated heterocycles. The van der Waals surface area contributed by atoms with Crippen molar-refractivity contribution in [3.8, 4) is 11.5 Å². The van der Waals surface area contributed by atoms with Crippen molar-refractivity contribution < 1.29 is 19.1 Å². The second kappa shape index (κ2) is 6.87. The molecule has 0 N–H and O–H groups in total. The number of fused-ring (bicyclic) bond motifs is 2. The normalized spacial score (nSPS) is 15.4. The van der Waals surface area contributed by atoms with Crippen LogP contribution in [0.5, 0.6) is 11.5 Å². The molecule has 160 valence electrons. The van der Waals surface area contributed by atoms with Gasteiger partial charge in [-0.05, 0) is 49.2 Å². The van der Waals surface area contributed by atoms with Crippen LogP contribution in [-0.2, 0) is 10.2 Å². The Kier molecular flexibility index (Phi) is 4.36. The first-order valence-corrected chi connectivity index (χ1v) is 10.6. The fourth-order valence-electron chi connectivity index (χ4n) is 4.17. The molecule has 0 spiro atoms. The molecule has 1 amide bonds. The molecule has 0 unspecified atom stereocenters. The number of aromatic nitrogens is 1. The van der Waals surface area contributed by atoms with Gasteiger partial charge in [-0.15, -0.1) is 0 Å². The van der Waals surface area contributed by atoms with E-state index in [1.54, 1.807) is 16.4 Å². The third-order valence-corrected chi connectivity index (χ3v) is 5.89. The second-order valence-electron chi connectivity index (χ2n) is 9.36. The largest absolute Gasteiger partial charge is 0.454 e. The van der Waals surface area contributed by atoms with Crippen molar-refractivity contribution in [2.75, 3.05) is 11.7 Å². The number of hydrogen-bond donors (Lipinski definition) is 0. The van der Waals surface area contributed by atoms with Gasteiger partial charge in [-0.3, -0.25) is 19.1 Å². The molecule has 0 bridgehead atoms. The highest BCUT2D eigenvalue weighted by atomic mass is 16.7. The summed E-state index contributed by atoms with van der Waals surface area (Å²) in [4.78, 5) is 27.5. The van der Waals surface area contributed by atoms with E-state index in [2.05, 4.69) is 26.8 Å². The number of hydrogen-bond acceptors (Lipinski definition) is 4. The maximum atomic E-state index is 13.3. The Bertz CT molecular complexity index is 1210. The maximum Gasteiger partial charge on any atom is 0.234 e. The van der Waals surface area contributed by atoms with Gasteiger partial charge in [0.15, 0.2) is 11.5 Å². The summed E-state index contributed by atoms with van der Waals surface area (Å²) in [5.41, 5.74) is 3.15. The Morgan fingerprint density at radius 2 is 1.65 bits per heavy atom. The van der Waals surface area contributed by atoms with Crippen LogP contribution in [0.15, 0.2) is 42.5 Å². The molecule has 6 heteroatoms. The average Bonchev–Trinajstić information content (AvgIpc) is 3.32. The van der Waals surface area contributed by atoms with Gasteiger partial charge in [0, 0.05) is 41.1 Å². The Morgan fingerprint density at radius 1 is 0.968 bits per heavy atom. The summed E-state index contributed by atoms with van der Waals surface area (Å²) >= 11 is 0. The molecular weight excluding hydrogens is 392 g/mol. The van der Waals surface area contributed by atoms with Crippen molar-refractivity contribution in [2.24, 2.45) is 5.92 Å². The van der Waals surface area contributed by atoms with E-state index in [9.17, 15) is 9.59 Å². The van der Waals surface area contributed by atoms with Crippen LogP contribution in [0, 0.1) is 5.92 Å². The van der Waals surface area contributed by atoms with Crippen molar-refractivity contribution in [2.45, 2.75) is 46.0 Å². The lowest BCUT2D eigenvalue weighted by atomic mass is 9.92. The number of nitrogens with zero attached hydrogens (tertiary/aromatic N) is 2. The third-order valence-electron chi connectivity index (χ3n) is 5.89. The minimum Gasteiger partial charge on any atom is -0.454 e. The molecule has 6 nitrogen and oxygen atoms in total. The fourth-order valence-corrected chi connectivity index (χ4v) is 4.17. The monoisotopic (exact) mass is 418 g/mol. The maximum absolute atomic E-state index is 13.3. The molecular formula is C25H26N2O4. The summed E-state index contributed by atoms with van der Waals surface area (Å²) in [6.07, 6.45) is 1.83. The van der Waals surface area contributed by atoms with Gasteiger partial charge in [0.25, 0.3) is 0 Å². The Labute approximate surface area is 181 Å². The second-order valence-corrected chi connectivity index (χ2v) is 9.36. The van der Waals surface area contributed by atoms with E-state index < -0.39 is 0 Å². The molecule has 1 saturated carbocycles. The molecule has 1 aromatic heterocycles. The van der Waals surface area contributed by atoms with Gasteiger partial charge in [-0.1, -0.05) is 20.8 Å². The Morgan fingerprint density at radius 3 is 2.32 bits per heavy atom. The van der Waals surface area contributed by atoms with E-state index in [4.69, 9.17) is 9.47 Å². The van der Waals surface area contributed by atoms with Crippen molar-refractivity contribution in [3.63, 3.8) is 0 Å². The lowest BCUT2D eigenvalue weighted by molar-refractivity contribution is -0.119. The van der Waals surface area contributed by atoms with E-state index in [0.29, 0.717) is 11.5 Å². The molecule has 1 aliphatic heterocycles. The lowest BCUT2D eigenvalue weighted by Crippen LogP contribution is -2.27. The molecule has 1 aliphatic carbocycles. The lowest BCUT2D eigenvalue weighted by Gasteiger charge is -2.23. The molecule has 5 rings (SSSR count). The van der Waals surface area contributed by atoms with Crippen LogP contribution in [-0.4, -0.2) is 23.2 Å². The highest BCUT2D eigenvalue weighted by Crippen LogP contribution is 2.42. The van der Waals surface area contributed by atoms with E-state index in [-0.39, 0.29) is 29.9 Å². The highest BCUT2D eigenvalue weighted by molar-refractivity contribution is 6.05. The minimum atomic E-state index is -0.189. The van der Waals surface area contributed by atoms with Crippen molar-refractivity contribution in [3.05, 3.63) is 48.2 Å². The molecule has 31 heavy (non-hydrogen) atoms. The first-order chi connectivity index (χ1) is 14.7. The molecule has 2 aromatic carbocycles. The van der Waals surface area contributed by atoms with Crippen molar-refractivity contribution >= 4 is 34.1 Å². The van der Waals surface area contributed by atoms with Gasteiger partial charge >= 0.3 is 0 Å². The zero-order chi connectivity index (χ0) is 21.9. The van der Waals surface area contributed by atoms with Crippen LogP contribution in [0.4, 0.5) is 11.4 Å². The zero-order valence-corrected chi connectivity index (χ0v) is 18.3. The van der Waals surface area contributed by atoms with Gasteiger partial charge in [-0.25, -0.2) is 0 Å². The molecule has 1 fully saturated rings. The summed E-state index contributed by atoms with van der Waals surface area (Å²) in [6.45, 7) is 8.05. The summed E-state index contributed by atoms with van der Waals surface area (Å²) in [5.74, 6) is 1.44. The van der Waals surface area contributed by atoms with Crippen LogP contribution in [0.25, 0.3) is 10.9 Å². The summed E-state index contributed by atoms with van der Waals surface area (Å²) in [6, 6.07) is 13.5. The van der Waals surface area contributed by atoms with Crippen LogP contribution in [0.3, 0.4) is 0 Å².